The summed E-state index contributed by atoms with van der Waals surface area (Å²) in [6.07, 6.45) is 2.85. The minimum absolute atomic E-state index is 0.305. The van der Waals surface area contributed by atoms with Crippen molar-refractivity contribution < 1.29 is 18.6 Å². The van der Waals surface area contributed by atoms with Gasteiger partial charge >= 0.3 is 0 Å². The molecule has 0 atom stereocenters. The Labute approximate surface area is 164 Å². The molecular formula is C20H16FN3O3S. The number of benzene rings is 2. The van der Waals surface area contributed by atoms with Crippen LogP contribution in [0.15, 0.2) is 54.2 Å². The lowest BCUT2D eigenvalue weighted by Crippen LogP contribution is -1.98. The van der Waals surface area contributed by atoms with Crippen LogP contribution in [-0.2, 0) is 0 Å². The highest BCUT2D eigenvalue weighted by atomic mass is 32.1. The van der Waals surface area contributed by atoms with Gasteiger partial charge in [-0.3, -0.25) is 4.98 Å². The highest BCUT2D eigenvalue weighted by Crippen LogP contribution is 2.36. The number of hydrogen-bond acceptors (Lipinski definition) is 7. The molecule has 0 fully saturated rings. The Kier molecular flexibility index (Phi) is 4.94. The summed E-state index contributed by atoms with van der Waals surface area (Å²) in [6.45, 7) is 0. The van der Waals surface area contributed by atoms with Crippen molar-refractivity contribution in [1.29, 1.82) is 0 Å². The summed E-state index contributed by atoms with van der Waals surface area (Å²) in [5, 5.41) is 6.10. The normalized spacial score (nSPS) is 10.7. The highest BCUT2D eigenvalue weighted by Gasteiger charge is 2.14. The predicted molar refractivity (Wildman–Crippen MR) is 107 cm³/mol. The molecule has 0 radical (unpaired) electrons. The van der Waals surface area contributed by atoms with E-state index in [-0.39, 0.29) is 0 Å². The molecule has 2 heterocycles. The fourth-order valence-corrected chi connectivity index (χ4v) is 3.24. The van der Waals surface area contributed by atoms with E-state index in [0.717, 1.165) is 0 Å². The molecule has 2 aromatic carbocycles. The molecule has 0 amide bonds. The van der Waals surface area contributed by atoms with Crippen LogP contribution in [0.25, 0.3) is 10.9 Å². The number of aromatic nitrogens is 2. The summed E-state index contributed by atoms with van der Waals surface area (Å²) in [7, 11) is 3.08. The molecule has 2 aromatic heterocycles. The minimum atomic E-state index is -0.470. The Morgan fingerprint density at radius 2 is 1.75 bits per heavy atom. The van der Waals surface area contributed by atoms with Gasteiger partial charge in [0.05, 0.1) is 31.6 Å². The number of halogens is 1. The Bertz CT molecular complexity index is 1100. The van der Waals surface area contributed by atoms with E-state index in [1.165, 1.54) is 24.6 Å². The highest BCUT2D eigenvalue weighted by molar-refractivity contribution is 7.11. The molecule has 0 unspecified atom stereocenters. The van der Waals surface area contributed by atoms with Crippen LogP contribution in [-0.4, -0.2) is 24.2 Å². The van der Waals surface area contributed by atoms with E-state index >= 15 is 0 Å². The van der Waals surface area contributed by atoms with Gasteiger partial charge in [-0.2, -0.15) is 0 Å². The third-order valence-electron chi connectivity index (χ3n) is 4.07. The third kappa shape index (κ3) is 3.54. The number of ether oxygens (including phenoxy) is 3. The maximum Gasteiger partial charge on any atom is 0.278 e. The van der Waals surface area contributed by atoms with Gasteiger partial charge in [0.2, 0.25) is 0 Å². The summed E-state index contributed by atoms with van der Waals surface area (Å²) in [5.74, 6) is 1.20. The third-order valence-corrected chi connectivity index (χ3v) is 4.71. The molecule has 0 bridgehead atoms. The largest absolute Gasteiger partial charge is 0.493 e. The zero-order chi connectivity index (χ0) is 19.5. The van der Waals surface area contributed by atoms with E-state index in [9.17, 15) is 4.39 Å². The minimum Gasteiger partial charge on any atom is -0.493 e. The van der Waals surface area contributed by atoms with E-state index in [1.54, 1.807) is 49.7 Å². The molecule has 0 saturated heterocycles. The molecule has 6 nitrogen and oxygen atoms in total. The first-order chi connectivity index (χ1) is 13.7. The van der Waals surface area contributed by atoms with Crippen LogP contribution in [0.1, 0.15) is 0 Å². The summed E-state index contributed by atoms with van der Waals surface area (Å²) in [6, 6.07) is 10.6. The zero-order valence-electron chi connectivity index (χ0n) is 15.1. The number of pyridine rings is 1. The van der Waals surface area contributed by atoms with Crippen LogP contribution in [0.5, 0.6) is 22.4 Å². The van der Waals surface area contributed by atoms with E-state index in [4.69, 9.17) is 14.2 Å². The van der Waals surface area contributed by atoms with Crippen molar-refractivity contribution in [2.45, 2.75) is 0 Å². The second-order valence-corrected chi connectivity index (χ2v) is 6.61. The van der Waals surface area contributed by atoms with Crippen LogP contribution in [0.4, 0.5) is 15.8 Å². The lowest BCUT2D eigenvalue weighted by Gasteiger charge is -2.14. The van der Waals surface area contributed by atoms with Crippen molar-refractivity contribution in [2.24, 2.45) is 0 Å². The maximum absolute atomic E-state index is 14.5. The second-order valence-electron chi connectivity index (χ2n) is 5.75. The smallest absolute Gasteiger partial charge is 0.278 e. The second kappa shape index (κ2) is 7.69. The molecule has 0 saturated carbocycles. The van der Waals surface area contributed by atoms with Crippen LogP contribution < -0.4 is 19.5 Å². The van der Waals surface area contributed by atoms with Gasteiger partial charge < -0.3 is 19.5 Å². The van der Waals surface area contributed by atoms with E-state index in [0.29, 0.717) is 44.7 Å². The summed E-state index contributed by atoms with van der Waals surface area (Å²) in [5.41, 5.74) is 1.59. The topological polar surface area (TPSA) is 65.5 Å². The Balaban J connectivity index is 1.66. The summed E-state index contributed by atoms with van der Waals surface area (Å²) in [4.78, 5) is 8.23. The first-order valence-electron chi connectivity index (χ1n) is 8.32. The number of fused-ring (bicyclic) bond motifs is 1. The molecule has 0 aliphatic carbocycles. The number of nitrogens with one attached hydrogen (secondary N) is 1. The number of thiazole rings is 1. The van der Waals surface area contributed by atoms with Crippen molar-refractivity contribution in [3.05, 3.63) is 60.0 Å². The van der Waals surface area contributed by atoms with Crippen LogP contribution in [0, 0.1) is 5.82 Å². The number of hydrogen-bond donors (Lipinski definition) is 1. The van der Waals surface area contributed by atoms with Crippen molar-refractivity contribution >= 4 is 33.6 Å². The average molecular weight is 397 g/mol. The first-order valence-corrected chi connectivity index (χ1v) is 9.20. The van der Waals surface area contributed by atoms with Gasteiger partial charge in [-0.1, -0.05) is 11.3 Å². The van der Waals surface area contributed by atoms with Crippen molar-refractivity contribution in [3.8, 4) is 22.4 Å². The SMILES string of the molecule is COc1cc2ncc(F)c(Nc3ccc(Oc4nccs4)cc3)c2cc1OC. The Morgan fingerprint density at radius 1 is 1.00 bits per heavy atom. The predicted octanol–water partition coefficient (Wildman–Crippen LogP) is 5.38. The molecule has 1 N–H and O–H groups in total. The fraction of sp³-hybridized carbons (Fsp3) is 0.100. The number of anilines is 2. The van der Waals surface area contributed by atoms with Gasteiger partial charge in [-0.15, -0.1) is 0 Å². The average Bonchev–Trinajstić information content (AvgIpc) is 3.23. The number of rotatable bonds is 6. The van der Waals surface area contributed by atoms with Gasteiger partial charge in [0.25, 0.3) is 5.19 Å². The summed E-state index contributed by atoms with van der Waals surface area (Å²) >= 11 is 1.41. The lowest BCUT2D eigenvalue weighted by atomic mass is 10.1. The van der Waals surface area contributed by atoms with E-state index in [2.05, 4.69) is 15.3 Å². The van der Waals surface area contributed by atoms with Crippen molar-refractivity contribution in [2.75, 3.05) is 19.5 Å². The van der Waals surface area contributed by atoms with Crippen molar-refractivity contribution in [3.63, 3.8) is 0 Å². The molecule has 0 aliphatic heterocycles. The molecule has 0 aliphatic rings. The van der Waals surface area contributed by atoms with Crippen molar-refractivity contribution in [1.82, 2.24) is 9.97 Å². The van der Waals surface area contributed by atoms with Gasteiger partial charge in [-0.25, -0.2) is 9.37 Å². The molecular weight excluding hydrogens is 381 g/mol. The lowest BCUT2D eigenvalue weighted by molar-refractivity contribution is 0.356. The van der Waals surface area contributed by atoms with E-state index in [1.807, 2.05) is 5.38 Å². The Hall–Kier alpha value is -3.39. The number of nitrogens with zero attached hydrogens (tertiary/aromatic N) is 2. The van der Waals surface area contributed by atoms with E-state index < -0.39 is 5.82 Å². The first kappa shape index (κ1) is 18.0. The quantitative estimate of drug-likeness (QED) is 0.471. The summed E-state index contributed by atoms with van der Waals surface area (Å²) < 4.78 is 30.8. The molecule has 8 heteroatoms. The van der Waals surface area contributed by atoms with Crippen LogP contribution in [0.3, 0.4) is 0 Å². The monoisotopic (exact) mass is 397 g/mol. The molecule has 4 aromatic rings. The maximum atomic E-state index is 14.5. The fourth-order valence-electron chi connectivity index (χ4n) is 2.73. The van der Waals surface area contributed by atoms with Gasteiger partial charge in [0.15, 0.2) is 17.3 Å². The van der Waals surface area contributed by atoms with Gasteiger partial charge in [0, 0.05) is 28.7 Å². The Morgan fingerprint density at radius 3 is 2.43 bits per heavy atom. The van der Waals surface area contributed by atoms with Crippen LogP contribution >= 0.6 is 11.3 Å². The van der Waals surface area contributed by atoms with Crippen LogP contribution in [0.2, 0.25) is 0 Å². The number of methoxy groups -OCH3 is 2. The zero-order valence-corrected chi connectivity index (χ0v) is 15.9. The molecule has 0 spiro atoms. The molecule has 142 valence electrons. The van der Waals surface area contributed by atoms with Gasteiger partial charge in [0.1, 0.15) is 5.75 Å². The standard InChI is InChI=1S/C20H16FN3O3S/c1-25-17-9-14-16(10-18(17)26-2)23-11-15(21)19(14)24-12-3-5-13(6-4-12)27-20-22-7-8-28-20/h3-11H,1-2H3,(H,23,24). The molecule has 28 heavy (non-hydrogen) atoms. The van der Waals surface area contributed by atoms with Gasteiger partial charge in [-0.05, 0) is 30.3 Å². The molecule has 4 rings (SSSR count).